The zero-order valence-electron chi connectivity index (χ0n) is 12.0. The predicted octanol–water partition coefficient (Wildman–Crippen LogP) is 2.14. The van der Waals surface area contributed by atoms with Gasteiger partial charge in [-0.1, -0.05) is 12.1 Å². The summed E-state index contributed by atoms with van der Waals surface area (Å²) in [6.45, 7) is 4.11. The molecule has 0 amide bonds. The van der Waals surface area contributed by atoms with Gasteiger partial charge in [0.2, 0.25) is 10.0 Å². The van der Waals surface area contributed by atoms with E-state index in [1.54, 1.807) is 24.5 Å². The summed E-state index contributed by atoms with van der Waals surface area (Å²) in [7, 11) is -3.64. The molecule has 2 atom stereocenters. The highest BCUT2D eigenvalue weighted by Crippen LogP contribution is 2.20. The standard InChI is InChI=1S/C15H19N3O2S/c1-11(18-12(2)14-7-9-17-10-8-14)13-3-5-15(6-4-13)21(16,19)20/h3-12,18H,1-2H3,(H2,16,19,20). The first kappa shape index (κ1) is 15.6. The summed E-state index contributed by atoms with van der Waals surface area (Å²) in [5, 5.41) is 8.55. The summed E-state index contributed by atoms with van der Waals surface area (Å²) in [6.07, 6.45) is 3.53. The van der Waals surface area contributed by atoms with E-state index in [9.17, 15) is 8.42 Å². The second kappa shape index (κ2) is 6.34. The van der Waals surface area contributed by atoms with Crippen LogP contribution in [0.5, 0.6) is 0 Å². The molecule has 1 aromatic carbocycles. The van der Waals surface area contributed by atoms with Gasteiger partial charge in [0.25, 0.3) is 0 Å². The third kappa shape index (κ3) is 4.10. The fraction of sp³-hybridized carbons (Fsp3) is 0.267. The average Bonchev–Trinajstić information content (AvgIpc) is 2.47. The topological polar surface area (TPSA) is 85.1 Å². The Hall–Kier alpha value is -1.76. The zero-order chi connectivity index (χ0) is 15.5. The maximum Gasteiger partial charge on any atom is 0.238 e. The molecular formula is C15H19N3O2S. The van der Waals surface area contributed by atoms with Crippen molar-refractivity contribution in [3.63, 3.8) is 0 Å². The van der Waals surface area contributed by atoms with Crippen molar-refractivity contribution in [1.82, 2.24) is 10.3 Å². The summed E-state index contributed by atoms with van der Waals surface area (Å²) in [5.74, 6) is 0. The molecule has 112 valence electrons. The average molecular weight is 305 g/mol. The van der Waals surface area contributed by atoms with Crippen LogP contribution in [-0.4, -0.2) is 13.4 Å². The summed E-state index contributed by atoms with van der Waals surface area (Å²) >= 11 is 0. The molecule has 0 aliphatic rings. The van der Waals surface area contributed by atoms with Crippen molar-refractivity contribution in [2.24, 2.45) is 5.14 Å². The summed E-state index contributed by atoms with van der Waals surface area (Å²) in [4.78, 5) is 4.13. The van der Waals surface area contributed by atoms with Crippen molar-refractivity contribution in [1.29, 1.82) is 0 Å². The minimum atomic E-state index is -3.64. The first-order chi connectivity index (χ1) is 9.88. The van der Waals surface area contributed by atoms with Crippen LogP contribution in [0.25, 0.3) is 0 Å². The molecule has 2 aromatic rings. The molecule has 0 saturated carbocycles. The number of hydrogen-bond acceptors (Lipinski definition) is 4. The smallest absolute Gasteiger partial charge is 0.238 e. The van der Waals surface area contributed by atoms with Gasteiger partial charge in [0.05, 0.1) is 4.90 Å². The number of sulfonamides is 1. The molecule has 2 unspecified atom stereocenters. The SMILES string of the molecule is CC(NC(C)c1ccc(S(N)(=O)=O)cc1)c1ccncc1. The lowest BCUT2D eigenvalue weighted by molar-refractivity contribution is 0.494. The summed E-state index contributed by atoms with van der Waals surface area (Å²) in [5.41, 5.74) is 2.15. The number of hydrogen-bond donors (Lipinski definition) is 2. The van der Waals surface area contributed by atoms with Gasteiger partial charge in [-0.3, -0.25) is 4.98 Å². The van der Waals surface area contributed by atoms with Gasteiger partial charge in [0.15, 0.2) is 0 Å². The molecule has 1 heterocycles. The number of pyridine rings is 1. The Kier molecular flexibility index (Phi) is 4.72. The fourth-order valence-corrected chi connectivity index (χ4v) is 2.68. The van der Waals surface area contributed by atoms with Crippen LogP contribution in [0.3, 0.4) is 0 Å². The second-order valence-electron chi connectivity index (χ2n) is 5.00. The second-order valence-corrected chi connectivity index (χ2v) is 6.57. The third-order valence-corrected chi connectivity index (χ3v) is 4.34. The maximum atomic E-state index is 11.2. The van der Waals surface area contributed by atoms with E-state index >= 15 is 0 Å². The van der Waals surface area contributed by atoms with Gasteiger partial charge in [-0.05, 0) is 49.2 Å². The molecule has 5 nitrogen and oxygen atoms in total. The van der Waals surface area contributed by atoms with Crippen LogP contribution in [0.4, 0.5) is 0 Å². The van der Waals surface area contributed by atoms with Crippen molar-refractivity contribution in [2.75, 3.05) is 0 Å². The van der Waals surface area contributed by atoms with E-state index in [-0.39, 0.29) is 17.0 Å². The summed E-state index contributed by atoms with van der Waals surface area (Å²) in [6, 6.07) is 10.8. The largest absolute Gasteiger partial charge is 0.304 e. The Bertz CT molecular complexity index is 685. The van der Waals surface area contributed by atoms with Crippen LogP contribution in [0.1, 0.15) is 37.1 Å². The van der Waals surface area contributed by atoms with E-state index < -0.39 is 10.0 Å². The summed E-state index contributed by atoms with van der Waals surface area (Å²) < 4.78 is 22.5. The Morgan fingerprint density at radius 1 is 0.952 bits per heavy atom. The molecular weight excluding hydrogens is 286 g/mol. The van der Waals surface area contributed by atoms with Crippen molar-refractivity contribution < 1.29 is 8.42 Å². The minimum Gasteiger partial charge on any atom is -0.304 e. The maximum absolute atomic E-state index is 11.2. The first-order valence-electron chi connectivity index (χ1n) is 6.66. The van der Waals surface area contributed by atoms with Gasteiger partial charge in [0.1, 0.15) is 0 Å². The number of nitrogens with zero attached hydrogens (tertiary/aromatic N) is 1. The van der Waals surface area contributed by atoms with E-state index in [1.165, 1.54) is 12.1 Å². The highest BCUT2D eigenvalue weighted by Gasteiger charge is 2.12. The molecule has 0 fully saturated rings. The minimum absolute atomic E-state index is 0.0858. The van der Waals surface area contributed by atoms with Gasteiger partial charge >= 0.3 is 0 Å². The molecule has 21 heavy (non-hydrogen) atoms. The lowest BCUT2D eigenvalue weighted by atomic mass is 10.1. The highest BCUT2D eigenvalue weighted by molar-refractivity contribution is 7.89. The number of nitrogens with one attached hydrogen (secondary N) is 1. The van der Waals surface area contributed by atoms with Gasteiger partial charge in [0, 0.05) is 24.5 Å². The van der Waals surface area contributed by atoms with E-state index in [2.05, 4.69) is 17.2 Å². The van der Waals surface area contributed by atoms with Crippen LogP contribution in [0, 0.1) is 0 Å². The number of rotatable bonds is 5. The molecule has 3 N–H and O–H groups in total. The molecule has 0 radical (unpaired) electrons. The molecule has 0 bridgehead atoms. The van der Waals surface area contributed by atoms with Gasteiger partial charge in [-0.2, -0.15) is 0 Å². The Balaban J connectivity index is 2.08. The van der Waals surface area contributed by atoms with Gasteiger partial charge in [-0.15, -0.1) is 0 Å². The normalized spacial score (nSPS) is 14.6. The van der Waals surface area contributed by atoms with Crippen molar-refractivity contribution in [3.05, 3.63) is 59.9 Å². The fourth-order valence-electron chi connectivity index (χ4n) is 2.17. The van der Waals surface area contributed by atoms with Gasteiger partial charge < -0.3 is 5.32 Å². The van der Waals surface area contributed by atoms with E-state index in [0.717, 1.165) is 11.1 Å². The van der Waals surface area contributed by atoms with E-state index in [0.29, 0.717) is 0 Å². The van der Waals surface area contributed by atoms with Crippen molar-refractivity contribution >= 4 is 10.0 Å². The molecule has 0 aliphatic heterocycles. The van der Waals surface area contributed by atoms with Crippen molar-refractivity contribution in [3.8, 4) is 0 Å². The zero-order valence-corrected chi connectivity index (χ0v) is 12.8. The third-order valence-electron chi connectivity index (χ3n) is 3.41. The number of benzene rings is 1. The molecule has 1 aromatic heterocycles. The first-order valence-corrected chi connectivity index (χ1v) is 8.21. The van der Waals surface area contributed by atoms with Crippen LogP contribution in [-0.2, 0) is 10.0 Å². The molecule has 6 heteroatoms. The Morgan fingerprint density at radius 3 is 1.90 bits per heavy atom. The molecule has 0 spiro atoms. The van der Waals surface area contributed by atoms with Gasteiger partial charge in [-0.25, -0.2) is 13.6 Å². The monoisotopic (exact) mass is 305 g/mol. The lowest BCUT2D eigenvalue weighted by Gasteiger charge is -2.20. The van der Waals surface area contributed by atoms with Crippen LogP contribution in [0.2, 0.25) is 0 Å². The highest BCUT2D eigenvalue weighted by atomic mass is 32.2. The predicted molar refractivity (Wildman–Crippen MR) is 82.0 cm³/mol. The van der Waals surface area contributed by atoms with Crippen LogP contribution in [0.15, 0.2) is 53.7 Å². The van der Waals surface area contributed by atoms with Crippen LogP contribution >= 0.6 is 0 Å². The van der Waals surface area contributed by atoms with Crippen LogP contribution < -0.4 is 10.5 Å². The van der Waals surface area contributed by atoms with E-state index in [1.807, 2.05) is 19.1 Å². The molecule has 0 aliphatic carbocycles. The quantitative estimate of drug-likeness (QED) is 0.886. The molecule has 0 saturated heterocycles. The Labute approximate surface area is 125 Å². The Morgan fingerprint density at radius 2 is 1.43 bits per heavy atom. The van der Waals surface area contributed by atoms with E-state index in [4.69, 9.17) is 5.14 Å². The van der Waals surface area contributed by atoms with Crippen molar-refractivity contribution in [2.45, 2.75) is 30.8 Å². The number of aromatic nitrogens is 1. The lowest BCUT2D eigenvalue weighted by Crippen LogP contribution is -2.22. The molecule has 2 rings (SSSR count). The number of nitrogens with two attached hydrogens (primary N) is 1. The number of primary sulfonamides is 1.